The van der Waals surface area contributed by atoms with E-state index in [2.05, 4.69) is 11.4 Å². The van der Waals surface area contributed by atoms with Gasteiger partial charge in [-0.15, -0.1) is 0 Å². The summed E-state index contributed by atoms with van der Waals surface area (Å²) in [6, 6.07) is 3.99. The number of rotatable bonds is 0. The predicted molar refractivity (Wildman–Crippen MR) is 58.2 cm³/mol. The summed E-state index contributed by atoms with van der Waals surface area (Å²) >= 11 is 0. The lowest BCUT2D eigenvalue weighted by molar-refractivity contribution is 0.454. The van der Waals surface area contributed by atoms with Crippen LogP contribution in [-0.4, -0.2) is 13.1 Å². The van der Waals surface area contributed by atoms with E-state index < -0.39 is 0 Å². The Hall–Kier alpha value is -1.22. The molecule has 74 valence electrons. The third kappa shape index (κ3) is 0.960. The molecule has 0 amide bonds. The standard InChI is InChI=1S/C11H15N3/c12-8-2-9-6-1-7(5-14-4-6)11(9)10(13)3-8/h2-3,6-7,14H,1,4-5,12-13H2. The Morgan fingerprint density at radius 2 is 1.93 bits per heavy atom. The second kappa shape index (κ2) is 2.64. The zero-order chi connectivity index (χ0) is 9.71. The number of fused-ring (bicyclic) bond motifs is 5. The molecule has 3 heteroatoms. The Balaban J connectivity index is 2.21. The van der Waals surface area contributed by atoms with Gasteiger partial charge in [-0.25, -0.2) is 0 Å². The van der Waals surface area contributed by atoms with Gasteiger partial charge in [-0.05, 0) is 41.5 Å². The van der Waals surface area contributed by atoms with Crippen LogP contribution < -0.4 is 16.8 Å². The summed E-state index contributed by atoms with van der Waals surface area (Å²) in [5.74, 6) is 1.25. The molecule has 1 saturated heterocycles. The molecule has 14 heavy (non-hydrogen) atoms. The van der Waals surface area contributed by atoms with Gasteiger partial charge in [0, 0.05) is 24.5 Å². The van der Waals surface area contributed by atoms with Gasteiger partial charge in [0.15, 0.2) is 0 Å². The fourth-order valence-corrected chi connectivity index (χ4v) is 2.93. The summed E-state index contributed by atoms with van der Waals surface area (Å²) in [7, 11) is 0. The van der Waals surface area contributed by atoms with Crippen molar-refractivity contribution < 1.29 is 0 Å². The Bertz CT molecular complexity index is 386. The average Bonchev–Trinajstić information content (AvgIpc) is 2.39. The second-order valence-corrected chi connectivity index (χ2v) is 4.40. The van der Waals surface area contributed by atoms with Crippen LogP contribution in [0.15, 0.2) is 12.1 Å². The molecule has 2 aliphatic rings. The molecule has 1 aliphatic carbocycles. The highest BCUT2D eigenvalue weighted by Gasteiger charge is 2.35. The monoisotopic (exact) mass is 189 g/mol. The van der Waals surface area contributed by atoms with Gasteiger partial charge in [0.1, 0.15) is 0 Å². The Morgan fingerprint density at radius 3 is 2.79 bits per heavy atom. The van der Waals surface area contributed by atoms with Crippen molar-refractivity contribution in [1.82, 2.24) is 5.32 Å². The lowest BCUT2D eigenvalue weighted by atomic mass is 9.97. The zero-order valence-electron chi connectivity index (χ0n) is 8.09. The number of hydrogen-bond acceptors (Lipinski definition) is 3. The van der Waals surface area contributed by atoms with Gasteiger partial charge in [0.2, 0.25) is 0 Å². The normalized spacial score (nSPS) is 28.9. The first-order valence-corrected chi connectivity index (χ1v) is 5.15. The maximum atomic E-state index is 6.02. The van der Waals surface area contributed by atoms with Crippen LogP contribution in [0.25, 0.3) is 0 Å². The summed E-state index contributed by atoms with van der Waals surface area (Å²) in [4.78, 5) is 0. The zero-order valence-corrected chi connectivity index (χ0v) is 8.09. The van der Waals surface area contributed by atoms with E-state index in [-0.39, 0.29) is 0 Å². The first-order valence-electron chi connectivity index (χ1n) is 5.15. The van der Waals surface area contributed by atoms with E-state index in [0.29, 0.717) is 11.8 Å². The van der Waals surface area contributed by atoms with Gasteiger partial charge in [0.25, 0.3) is 0 Å². The molecule has 2 unspecified atom stereocenters. The van der Waals surface area contributed by atoms with Crippen molar-refractivity contribution in [3.63, 3.8) is 0 Å². The molecule has 2 bridgehead atoms. The van der Waals surface area contributed by atoms with E-state index >= 15 is 0 Å². The smallest absolute Gasteiger partial charge is 0.0373 e. The van der Waals surface area contributed by atoms with Gasteiger partial charge in [-0.2, -0.15) is 0 Å². The van der Waals surface area contributed by atoms with Crippen molar-refractivity contribution >= 4 is 11.4 Å². The van der Waals surface area contributed by atoms with Crippen LogP contribution in [0.5, 0.6) is 0 Å². The van der Waals surface area contributed by atoms with Crippen molar-refractivity contribution in [2.45, 2.75) is 18.3 Å². The highest BCUT2D eigenvalue weighted by molar-refractivity contribution is 5.64. The number of nitrogens with two attached hydrogens (primary N) is 2. The van der Waals surface area contributed by atoms with Crippen molar-refractivity contribution in [2.75, 3.05) is 24.6 Å². The van der Waals surface area contributed by atoms with Crippen LogP contribution in [-0.2, 0) is 0 Å². The van der Waals surface area contributed by atoms with Crippen LogP contribution in [0.3, 0.4) is 0 Å². The SMILES string of the molecule is Nc1cc(N)c2c(c1)C1CNCC2C1. The lowest BCUT2D eigenvalue weighted by Gasteiger charge is -2.20. The molecular weight excluding hydrogens is 174 g/mol. The molecule has 5 N–H and O–H groups in total. The van der Waals surface area contributed by atoms with Crippen LogP contribution in [0.2, 0.25) is 0 Å². The minimum Gasteiger partial charge on any atom is -0.399 e. The summed E-state index contributed by atoms with van der Waals surface area (Å²) in [6.45, 7) is 2.14. The van der Waals surface area contributed by atoms with Crippen molar-refractivity contribution in [3.05, 3.63) is 23.3 Å². The number of benzene rings is 1. The molecule has 0 spiro atoms. The average molecular weight is 189 g/mol. The highest BCUT2D eigenvalue weighted by atomic mass is 14.9. The summed E-state index contributed by atoms with van der Waals surface area (Å²) in [5, 5.41) is 3.44. The van der Waals surface area contributed by atoms with Gasteiger partial charge < -0.3 is 16.8 Å². The molecule has 1 heterocycles. The molecule has 2 atom stereocenters. The molecule has 3 rings (SSSR count). The molecule has 1 aromatic rings. The maximum absolute atomic E-state index is 6.02. The fourth-order valence-electron chi connectivity index (χ4n) is 2.93. The number of nitrogen functional groups attached to an aromatic ring is 2. The molecule has 0 saturated carbocycles. The largest absolute Gasteiger partial charge is 0.399 e. The molecular formula is C11H15N3. The topological polar surface area (TPSA) is 64.1 Å². The van der Waals surface area contributed by atoms with E-state index in [1.807, 2.05) is 6.07 Å². The van der Waals surface area contributed by atoms with Gasteiger partial charge in [-0.1, -0.05) is 0 Å². The van der Waals surface area contributed by atoms with Crippen molar-refractivity contribution in [2.24, 2.45) is 0 Å². The van der Waals surface area contributed by atoms with Gasteiger partial charge in [-0.3, -0.25) is 0 Å². The van der Waals surface area contributed by atoms with Crippen LogP contribution in [0.4, 0.5) is 11.4 Å². The molecule has 1 fully saturated rings. The van der Waals surface area contributed by atoms with E-state index in [9.17, 15) is 0 Å². The summed E-state index contributed by atoms with van der Waals surface area (Å²) < 4.78 is 0. The van der Waals surface area contributed by atoms with E-state index in [4.69, 9.17) is 11.5 Å². The van der Waals surface area contributed by atoms with Gasteiger partial charge in [0.05, 0.1) is 0 Å². The van der Waals surface area contributed by atoms with Gasteiger partial charge >= 0.3 is 0 Å². The Labute approximate surface area is 83.5 Å². The number of nitrogens with one attached hydrogen (secondary N) is 1. The van der Waals surface area contributed by atoms with Crippen LogP contribution >= 0.6 is 0 Å². The molecule has 0 aromatic heterocycles. The van der Waals surface area contributed by atoms with Crippen molar-refractivity contribution in [3.8, 4) is 0 Å². The minimum absolute atomic E-state index is 0.615. The maximum Gasteiger partial charge on any atom is 0.0373 e. The predicted octanol–water partition coefficient (Wildman–Crippen LogP) is 1.03. The highest BCUT2D eigenvalue weighted by Crippen LogP contribution is 2.46. The van der Waals surface area contributed by atoms with Crippen LogP contribution in [0.1, 0.15) is 29.4 Å². The molecule has 3 nitrogen and oxygen atoms in total. The molecule has 1 aromatic carbocycles. The van der Waals surface area contributed by atoms with Crippen LogP contribution in [0, 0.1) is 0 Å². The molecule has 1 aliphatic heterocycles. The number of anilines is 2. The second-order valence-electron chi connectivity index (χ2n) is 4.40. The van der Waals surface area contributed by atoms with E-state index in [1.165, 1.54) is 17.5 Å². The fraction of sp³-hybridized carbons (Fsp3) is 0.455. The third-order valence-corrected chi connectivity index (χ3v) is 3.46. The summed E-state index contributed by atoms with van der Waals surface area (Å²) in [5.41, 5.74) is 16.3. The first-order chi connectivity index (χ1) is 6.75. The van der Waals surface area contributed by atoms with E-state index in [1.54, 1.807) is 0 Å². The number of hydrogen-bond donors (Lipinski definition) is 3. The summed E-state index contributed by atoms with van der Waals surface area (Å²) in [6.07, 6.45) is 1.25. The Morgan fingerprint density at radius 1 is 1.14 bits per heavy atom. The Kier molecular flexibility index (Phi) is 1.53. The quantitative estimate of drug-likeness (QED) is 0.534. The first kappa shape index (κ1) is 8.12. The van der Waals surface area contributed by atoms with E-state index in [0.717, 1.165) is 24.5 Å². The number of piperidine rings is 1. The minimum atomic E-state index is 0.615. The third-order valence-electron chi connectivity index (χ3n) is 3.46. The molecule has 0 radical (unpaired) electrons. The lowest BCUT2D eigenvalue weighted by Crippen LogP contribution is -2.28. The van der Waals surface area contributed by atoms with Crippen molar-refractivity contribution in [1.29, 1.82) is 0 Å².